The van der Waals surface area contributed by atoms with E-state index in [1.807, 2.05) is 26.0 Å². The summed E-state index contributed by atoms with van der Waals surface area (Å²) in [4.78, 5) is 0. The molecule has 0 saturated heterocycles. The average molecular weight is 180 g/mol. The van der Waals surface area contributed by atoms with Gasteiger partial charge in [-0.3, -0.25) is 0 Å². The van der Waals surface area contributed by atoms with Gasteiger partial charge in [0.15, 0.2) is 5.76 Å². The van der Waals surface area contributed by atoms with Gasteiger partial charge in [-0.05, 0) is 20.3 Å². The lowest BCUT2D eigenvalue weighted by atomic mass is 10.0. The molecule has 0 aliphatic heterocycles. The number of hydrogen-bond donors (Lipinski definition) is 1. The van der Waals surface area contributed by atoms with Crippen LogP contribution in [0, 0.1) is 0 Å². The Labute approximate surface area is 79.2 Å². The summed E-state index contributed by atoms with van der Waals surface area (Å²) in [7, 11) is 0. The van der Waals surface area contributed by atoms with Gasteiger partial charge in [-0.2, -0.15) is 0 Å². The van der Waals surface area contributed by atoms with E-state index in [1.54, 1.807) is 0 Å². The Kier molecular flexibility index (Phi) is 3.62. The van der Waals surface area contributed by atoms with Crippen molar-refractivity contribution in [3.63, 3.8) is 0 Å². The second-order valence-corrected chi connectivity index (χ2v) is 2.91. The third kappa shape index (κ3) is 2.38. The van der Waals surface area contributed by atoms with Crippen molar-refractivity contribution in [1.82, 2.24) is 0 Å². The number of aliphatic hydroxyl groups is 1. The summed E-state index contributed by atoms with van der Waals surface area (Å²) < 4.78 is 5.37. The maximum atomic E-state index is 9.58. The van der Waals surface area contributed by atoms with Crippen LogP contribution in [0.2, 0.25) is 0 Å². The van der Waals surface area contributed by atoms with Crippen molar-refractivity contribution in [2.75, 3.05) is 6.61 Å². The molecule has 0 aromatic rings. The molecule has 0 bridgehead atoms. The van der Waals surface area contributed by atoms with Crippen LogP contribution in [-0.4, -0.2) is 11.7 Å². The maximum Gasteiger partial charge on any atom is 0.163 e. The third-order valence-electron chi connectivity index (χ3n) is 1.90. The van der Waals surface area contributed by atoms with E-state index in [2.05, 4.69) is 6.08 Å². The first-order chi connectivity index (χ1) is 6.29. The van der Waals surface area contributed by atoms with Gasteiger partial charge in [0, 0.05) is 12.0 Å². The van der Waals surface area contributed by atoms with E-state index in [0.29, 0.717) is 24.5 Å². The quantitative estimate of drug-likeness (QED) is 0.723. The van der Waals surface area contributed by atoms with E-state index in [-0.39, 0.29) is 0 Å². The molecule has 0 radical (unpaired) electrons. The highest BCUT2D eigenvalue weighted by molar-refractivity contribution is 5.39. The largest absolute Gasteiger partial charge is 0.508 e. The maximum absolute atomic E-state index is 9.58. The minimum Gasteiger partial charge on any atom is -0.508 e. The molecule has 0 atom stereocenters. The molecule has 1 aliphatic carbocycles. The van der Waals surface area contributed by atoms with Crippen LogP contribution in [0.25, 0.3) is 0 Å². The fourth-order valence-corrected chi connectivity index (χ4v) is 1.37. The second kappa shape index (κ2) is 4.75. The first-order valence-corrected chi connectivity index (χ1v) is 4.67. The molecule has 0 amide bonds. The Morgan fingerprint density at radius 3 is 3.00 bits per heavy atom. The zero-order valence-electron chi connectivity index (χ0n) is 8.21. The number of hydrogen-bond acceptors (Lipinski definition) is 2. The zero-order valence-corrected chi connectivity index (χ0v) is 8.21. The molecular formula is C11H16O2. The molecule has 0 aromatic heterocycles. The third-order valence-corrected chi connectivity index (χ3v) is 1.90. The predicted molar refractivity (Wildman–Crippen MR) is 53.4 cm³/mol. The lowest BCUT2D eigenvalue weighted by molar-refractivity contribution is 0.208. The standard InChI is InChI=1S/C11H16O2/c1-3-6-9-7-5-8-10(12)11(9)13-4-2/h3,6-7,12H,4-5,8H2,1-2H3. The van der Waals surface area contributed by atoms with Gasteiger partial charge in [0.05, 0.1) is 6.61 Å². The van der Waals surface area contributed by atoms with E-state index < -0.39 is 0 Å². The molecule has 0 unspecified atom stereocenters. The predicted octanol–water partition coefficient (Wildman–Crippen LogP) is 3.09. The van der Waals surface area contributed by atoms with Crippen molar-refractivity contribution >= 4 is 0 Å². The Balaban J connectivity index is 2.86. The van der Waals surface area contributed by atoms with Crippen LogP contribution in [0.3, 0.4) is 0 Å². The van der Waals surface area contributed by atoms with Gasteiger partial charge < -0.3 is 9.84 Å². The number of aliphatic hydroxyl groups excluding tert-OH is 1. The summed E-state index contributed by atoms with van der Waals surface area (Å²) in [5.74, 6) is 1.02. The van der Waals surface area contributed by atoms with Gasteiger partial charge in [-0.1, -0.05) is 18.2 Å². The molecular weight excluding hydrogens is 164 g/mol. The average Bonchev–Trinajstić information content (AvgIpc) is 2.11. The number of rotatable bonds is 3. The van der Waals surface area contributed by atoms with Crippen LogP contribution < -0.4 is 0 Å². The van der Waals surface area contributed by atoms with Crippen LogP contribution in [-0.2, 0) is 4.74 Å². The molecule has 72 valence electrons. The van der Waals surface area contributed by atoms with E-state index in [4.69, 9.17) is 4.74 Å². The lowest BCUT2D eigenvalue weighted by Gasteiger charge is -2.16. The highest BCUT2D eigenvalue weighted by atomic mass is 16.5. The molecule has 2 nitrogen and oxygen atoms in total. The molecule has 0 aromatic carbocycles. The molecule has 0 saturated carbocycles. The molecule has 1 rings (SSSR count). The van der Waals surface area contributed by atoms with Crippen LogP contribution >= 0.6 is 0 Å². The Bertz CT molecular complexity index is 259. The molecule has 13 heavy (non-hydrogen) atoms. The van der Waals surface area contributed by atoms with E-state index in [9.17, 15) is 5.11 Å². The fourth-order valence-electron chi connectivity index (χ4n) is 1.37. The van der Waals surface area contributed by atoms with Gasteiger partial charge >= 0.3 is 0 Å². The Morgan fingerprint density at radius 1 is 1.62 bits per heavy atom. The fraction of sp³-hybridized carbons (Fsp3) is 0.455. The molecule has 0 heterocycles. The van der Waals surface area contributed by atoms with Gasteiger partial charge in [0.25, 0.3) is 0 Å². The summed E-state index contributed by atoms with van der Waals surface area (Å²) >= 11 is 0. The van der Waals surface area contributed by atoms with E-state index >= 15 is 0 Å². The minimum atomic E-state index is 0.373. The first-order valence-electron chi connectivity index (χ1n) is 4.67. The van der Waals surface area contributed by atoms with Crippen molar-refractivity contribution in [1.29, 1.82) is 0 Å². The summed E-state index contributed by atoms with van der Waals surface area (Å²) in [5, 5.41) is 9.58. The SMILES string of the molecule is CC=CC1=CCCC(O)=C1OCC. The molecule has 1 aliphatic rings. The monoisotopic (exact) mass is 180 g/mol. The van der Waals surface area contributed by atoms with Crippen LogP contribution in [0.4, 0.5) is 0 Å². The highest BCUT2D eigenvalue weighted by Gasteiger charge is 2.14. The molecule has 0 fully saturated rings. The topological polar surface area (TPSA) is 29.5 Å². The van der Waals surface area contributed by atoms with E-state index in [1.165, 1.54) is 0 Å². The van der Waals surface area contributed by atoms with Crippen molar-refractivity contribution in [2.24, 2.45) is 0 Å². The van der Waals surface area contributed by atoms with Crippen molar-refractivity contribution in [3.05, 3.63) is 35.3 Å². The van der Waals surface area contributed by atoms with Crippen molar-refractivity contribution < 1.29 is 9.84 Å². The highest BCUT2D eigenvalue weighted by Crippen LogP contribution is 2.25. The zero-order chi connectivity index (χ0) is 9.68. The first kappa shape index (κ1) is 9.90. The molecule has 2 heteroatoms. The summed E-state index contributed by atoms with van der Waals surface area (Å²) in [6, 6.07) is 0. The minimum absolute atomic E-state index is 0.373. The summed E-state index contributed by atoms with van der Waals surface area (Å²) in [5.41, 5.74) is 0.994. The molecule has 0 spiro atoms. The van der Waals surface area contributed by atoms with Crippen LogP contribution in [0.15, 0.2) is 35.3 Å². The lowest BCUT2D eigenvalue weighted by Crippen LogP contribution is -2.03. The van der Waals surface area contributed by atoms with Crippen molar-refractivity contribution in [2.45, 2.75) is 26.7 Å². The Hall–Kier alpha value is -1.18. The second-order valence-electron chi connectivity index (χ2n) is 2.91. The summed E-state index contributed by atoms with van der Waals surface area (Å²) in [6.07, 6.45) is 7.58. The summed E-state index contributed by atoms with van der Waals surface area (Å²) in [6.45, 7) is 4.46. The molecule has 1 N–H and O–H groups in total. The Morgan fingerprint density at radius 2 is 2.38 bits per heavy atom. The smallest absolute Gasteiger partial charge is 0.163 e. The number of ether oxygens (including phenoxy) is 1. The van der Waals surface area contributed by atoms with E-state index in [0.717, 1.165) is 12.0 Å². The van der Waals surface area contributed by atoms with Crippen molar-refractivity contribution in [3.8, 4) is 0 Å². The van der Waals surface area contributed by atoms with Crippen LogP contribution in [0.1, 0.15) is 26.7 Å². The van der Waals surface area contributed by atoms with Gasteiger partial charge in [0.2, 0.25) is 0 Å². The van der Waals surface area contributed by atoms with Gasteiger partial charge in [-0.15, -0.1) is 0 Å². The van der Waals surface area contributed by atoms with Gasteiger partial charge in [0.1, 0.15) is 5.76 Å². The normalized spacial score (nSPS) is 17.8. The number of allylic oxidation sites excluding steroid dienone is 4. The van der Waals surface area contributed by atoms with Gasteiger partial charge in [-0.25, -0.2) is 0 Å². The van der Waals surface area contributed by atoms with Crippen LogP contribution in [0.5, 0.6) is 0 Å².